The second-order valence-electron chi connectivity index (χ2n) is 6.91. The summed E-state index contributed by atoms with van der Waals surface area (Å²) in [6.07, 6.45) is -0.641. The zero-order valence-electron chi connectivity index (χ0n) is 14.0. The molecule has 0 spiro atoms. The predicted octanol–water partition coefficient (Wildman–Crippen LogP) is 4.67. The summed E-state index contributed by atoms with van der Waals surface area (Å²) in [6, 6.07) is 13.9. The van der Waals surface area contributed by atoms with Crippen LogP contribution in [0.1, 0.15) is 17.0 Å². The van der Waals surface area contributed by atoms with E-state index in [9.17, 15) is 18.3 Å². The second-order valence-corrected chi connectivity index (χ2v) is 9.18. The van der Waals surface area contributed by atoms with Crippen LogP contribution in [0, 0.1) is 17.7 Å². The molecule has 1 aliphatic heterocycles. The molecule has 0 bridgehead atoms. The molecule has 1 aliphatic carbocycles. The van der Waals surface area contributed by atoms with Crippen LogP contribution in [-0.4, -0.2) is 26.7 Å². The summed E-state index contributed by atoms with van der Waals surface area (Å²) < 4.78 is 38.9. The normalized spacial score (nSPS) is 26.7. The minimum atomic E-state index is -2.45. The molecule has 2 fully saturated rings. The van der Waals surface area contributed by atoms with E-state index in [1.807, 2.05) is 30.3 Å². The Morgan fingerprint density at radius 3 is 2.50 bits per heavy atom. The van der Waals surface area contributed by atoms with E-state index in [2.05, 4.69) is 5.32 Å². The molecular formula is C19H20FNO4S. The average Bonchev–Trinajstić information content (AvgIpc) is 3.11. The average molecular weight is 377 g/mol. The summed E-state index contributed by atoms with van der Waals surface area (Å²) in [5, 5.41) is 2.53. The molecule has 0 aromatic heterocycles. The van der Waals surface area contributed by atoms with Gasteiger partial charge in [0.05, 0.1) is 0 Å². The van der Waals surface area contributed by atoms with E-state index in [-0.39, 0.29) is 30.2 Å². The highest BCUT2D eigenvalue weighted by Gasteiger charge is 2.59. The molecule has 3 N–H and O–H groups in total. The minimum absolute atomic E-state index is 0.0500. The molecule has 1 saturated heterocycles. The molecule has 1 amide bonds. The van der Waals surface area contributed by atoms with E-state index >= 15 is 0 Å². The molecular weight excluding hydrogens is 357 g/mol. The lowest BCUT2D eigenvalue weighted by Gasteiger charge is -2.29. The number of benzene rings is 2. The van der Waals surface area contributed by atoms with Gasteiger partial charge in [-0.05, 0) is 41.0 Å². The fourth-order valence-electron chi connectivity index (χ4n) is 3.80. The SMILES string of the molecule is O=C(Nc1ccc(C2[C@H]3CS(O)(O)C[C@@H]23)c(F)c1)OCc1ccccc1. The Bertz CT molecular complexity index is 816. The maximum Gasteiger partial charge on any atom is 0.411 e. The van der Waals surface area contributed by atoms with Crippen LogP contribution in [0.2, 0.25) is 0 Å². The Morgan fingerprint density at radius 1 is 1.15 bits per heavy atom. The Labute approximate surface area is 152 Å². The highest BCUT2D eigenvalue weighted by molar-refractivity contribution is 8.24. The van der Waals surface area contributed by atoms with Crippen molar-refractivity contribution >= 4 is 22.4 Å². The van der Waals surface area contributed by atoms with Crippen molar-refractivity contribution in [1.82, 2.24) is 0 Å². The lowest BCUT2D eigenvalue weighted by molar-refractivity contribution is 0.155. The molecule has 1 unspecified atom stereocenters. The molecule has 0 radical (unpaired) electrons. The van der Waals surface area contributed by atoms with E-state index < -0.39 is 16.7 Å². The Kier molecular flexibility index (Phi) is 4.38. The van der Waals surface area contributed by atoms with Crippen molar-refractivity contribution in [2.24, 2.45) is 11.8 Å². The van der Waals surface area contributed by atoms with Crippen molar-refractivity contribution < 1.29 is 23.0 Å². The van der Waals surface area contributed by atoms with Crippen LogP contribution in [0.4, 0.5) is 14.9 Å². The van der Waals surface area contributed by atoms with Crippen molar-refractivity contribution in [1.29, 1.82) is 0 Å². The molecule has 138 valence electrons. The van der Waals surface area contributed by atoms with Crippen molar-refractivity contribution in [2.75, 3.05) is 16.8 Å². The van der Waals surface area contributed by atoms with Gasteiger partial charge in [0.1, 0.15) is 12.4 Å². The van der Waals surface area contributed by atoms with Gasteiger partial charge in [-0.15, -0.1) is 0 Å². The Morgan fingerprint density at radius 2 is 1.85 bits per heavy atom. The van der Waals surface area contributed by atoms with Crippen molar-refractivity contribution in [3.8, 4) is 0 Å². The second kappa shape index (κ2) is 6.57. The maximum atomic E-state index is 14.4. The van der Waals surface area contributed by atoms with Gasteiger partial charge >= 0.3 is 6.09 Å². The molecule has 2 aromatic rings. The molecule has 1 saturated carbocycles. The van der Waals surface area contributed by atoms with Gasteiger partial charge in [0.15, 0.2) is 0 Å². The van der Waals surface area contributed by atoms with Crippen LogP contribution in [-0.2, 0) is 11.3 Å². The number of amides is 1. The fourth-order valence-corrected chi connectivity index (χ4v) is 6.08. The summed E-state index contributed by atoms with van der Waals surface area (Å²) in [5.74, 6) is 0.713. The van der Waals surface area contributed by atoms with Crippen LogP contribution in [0.15, 0.2) is 48.5 Å². The summed E-state index contributed by atoms with van der Waals surface area (Å²) >= 11 is 0. The number of carbonyl (C=O) groups is 1. The van der Waals surface area contributed by atoms with Gasteiger partial charge in [0, 0.05) is 17.2 Å². The van der Waals surface area contributed by atoms with E-state index in [1.54, 1.807) is 12.1 Å². The first kappa shape index (κ1) is 17.3. The van der Waals surface area contributed by atoms with E-state index in [1.165, 1.54) is 6.07 Å². The number of hydrogen-bond acceptors (Lipinski definition) is 4. The van der Waals surface area contributed by atoms with E-state index in [4.69, 9.17) is 4.74 Å². The Hall–Kier alpha value is -2.09. The third-order valence-corrected chi connectivity index (χ3v) is 6.91. The number of rotatable bonds is 4. The van der Waals surface area contributed by atoms with Crippen LogP contribution in [0.25, 0.3) is 0 Å². The van der Waals surface area contributed by atoms with E-state index in [0.717, 1.165) is 5.56 Å². The van der Waals surface area contributed by atoms with Crippen molar-refractivity contribution in [2.45, 2.75) is 12.5 Å². The van der Waals surface area contributed by atoms with E-state index in [0.29, 0.717) is 22.8 Å². The third-order valence-electron chi connectivity index (χ3n) is 5.07. The van der Waals surface area contributed by atoms with Gasteiger partial charge in [-0.3, -0.25) is 14.4 Å². The topological polar surface area (TPSA) is 78.8 Å². The number of ether oxygens (including phenoxy) is 1. The fraction of sp³-hybridized carbons (Fsp3) is 0.316. The first-order valence-corrected chi connectivity index (χ1v) is 10.3. The first-order valence-electron chi connectivity index (χ1n) is 8.44. The van der Waals surface area contributed by atoms with Gasteiger partial charge in [0.25, 0.3) is 0 Å². The number of halogens is 1. The van der Waals surface area contributed by atoms with Gasteiger partial charge in [0.2, 0.25) is 0 Å². The predicted molar refractivity (Wildman–Crippen MR) is 99.0 cm³/mol. The molecule has 5 nitrogen and oxygen atoms in total. The van der Waals surface area contributed by atoms with Gasteiger partial charge in [-0.1, -0.05) is 36.4 Å². The van der Waals surface area contributed by atoms with Gasteiger partial charge < -0.3 is 4.74 Å². The molecule has 2 aromatic carbocycles. The zero-order valence-corrected chi connectivity index (χ0v) is 14.8. The highest BCUT2D eigenvalue weighted by atomic mass is 32.3. The first-order chi connectivity index (χ1) is 12.4. The number of anilines is 1. The summed E-state index contributed by atoms with van der Waals surface area (Å²) in [5.41, 5.74) is 1.79. The standard InChI is InChI=1S/C19H20FNO4S/c20-17-8-13(21-19(22)25-9-12-4-2-1-3-5-12)6-7-14(17)18-15-10-26(23,24)11-16(15)18/h1-8,15-16,18,23-24H,9-11H2,(H,21,22)/t15-,16+,18?. The van der Waals surface area contributed by atoms with Gasteiger partial charge in [-0.25, -0.2) is 9.18 Å². The number of nitrogens with one attached hydrogen (secondary N) is 1. The van der Waals surface area contributed by atoms with Crippen molar-refractivity contribution in [3.63, 3.8) is 0 Å². The third kappa shape index (κ3) is 3.56. The molecule has 7 heteroatoms. The molecule has 4 rings (SSSR count). The highest BCUT2D eigenvalue weighted by Crippen LogP contribution is 2.69. The molecule has 26 heavy (non-hydrogen) atoms. The molecule has 1 heterocycles. The quantitative estimate of drug-likeness (QED) is 0.724. The molecule has 2 aliphatic rings. The van der Waals surface area contributed by atoms with Crippen LogP contribution in [0.5, 0.6) is 0 Å². The van der Waals surface area contributed by atoms with Crippen molar-refractivity contribution in [3.05, 3.63) is 65.5 Å². The van der Waals surface area contributed by atoms with Crippen LogP contribution in [0.3, 0.4) is 0 Å². The molecule has 3 atom stereocenters. The zero-order chi connectivity index (χ0) is 18.3. The summed E-state index contributed by atoms with van der Waals surface area (Å²) in [4.78, 5) is 11.9. The maximum absolute atomic E-state index is 14.4. The monoisotopic (exact) mass is 377 g/mol. The largest absolute Gasteiger partial charge is 0.444 e. The minimum Gasteiger partial charge on any atom is -0.444 e. The smallest absolute Gasteiger partial charge is 0.411 e. The Balaban J connectivity index is 1.34. The lowest BCUT2D eigenvalue weighted by atomic mass is 10.1. The summed E-state index contributed by atoms with van der Waals surface area (Å²) in [7, 11) is -2.45. The van der Waals surface area contributed by atoms with Crippen LogP contribution < -0.4 is 5.32 Å². The van der Waals surface area contributed by atoms with Gasteiger partial charge in [-0.2, -0.15) is 10.6 Å². The van der Waals surface area contributed by atoms with Crippen LogP contribution >= 0.6 is 10.6 Å². The lowest BCUT2D eigenvalue weighted by Crippen LogP contribution is -2.14. The number of hydrogen-bond donors (Lipinski definition) is 3. The number of carbonyl (C=O) groups excluding carboxylic acids is 1. The number of fused-ring (bicyclic) bond motifs is 1. The summed E-state index contributed by atoms with van der Waals surface area (Å²) in [6.45, 7) is 0.144.